The largest absolute Gasteiger partial charge is 0.391 e. The zero-order chi connectivity index (χ0) is 15.5. The third-order valence-corrected chi connectivity index (χ3v) is 4.07. The van der Waals surface area contributed by atoms with Crippen LogP contribution in [0.15, 0.2) is 35.4 Å². The van der Waals surface area contributed by atoms with Crippen LogP contribution in [0.25, 0.3) is 10.9 Å². The minimum Gasteiger partial charge on any atom is -0.391 e. The van der Waals surface area contributed by atoms with Crippen molar-refractivity contribution in [2.24, 2.45) is 0 Å². The van der Waals surface area contributed by atoms with Gasteiger partial charge in [0.15, 0.2) is 5.78 Å². The van der Waals surface area contributed by atoms with Gasteiger partial charge < -0.3 is 10.4 Å². The van der Waals surface area contributed by atoms with Crippen LogP contribution < -0.4 is 10.9 Å². The molecule has 0 bridgehead atoms. The zero-order valence-corrected chi connectivity index (χ0v) is 12.2. The molecule has 1 aliphatic rings. The summed E-state index contributed by atoms with van der Waals surface area (Å²) in [5.74, 6) is -0.0855. The molecule has 1 unspecified atom stereocenters. The Bertz CT molecular complexity index is 741. The first-order valence-electron chi connectivity index (χ1n) is 7.52. The van der Waals surface area contributed by atoms with Crippen molar-refractivity contribution in [2.45, 2.75) is 38.0 Å². The highest BCUT2D eigenvalue weighted by Gasteiger charge is 2.24. The van der Waals surface area contributed by atoms with Crippen LogP contribution in [0.5, 0.6) is 0 Å². The number of aromatic nitrogens is 2. The summed E-state index contributed by atoms with van der Waals surface area (Å²) in [6, 6.07) is 6.86. The number of nitrogens with zero attached hydrogens (tertiary/aromatic N) is 2. The molecule has 6 nitrogen and oxygen atoms in total. The lowest BCUT2D eigenvalue weighted by molar-refractivity contribution is -0.121. The summed E-state index contributed by atoms with van der Waals surface area (Å²) in [6.07, 6.45) is 2.76. The van der Waals surface area contributed by atoms with E-state index in [2.05, 4.69) is 10.3 Å². The minimum absolute atomic E-state index is 0.0123. The Morgan fingerprint density at radius 2 is 2.23 bits per heavy atom. The molecule has 2 heterocycles. The Morgan fingerprint density at radius 3 is 3.05 bits per heavy atom. The summed E-state index contributed by atoms with van der Waals surface area (Å²) in [5.41, 5.74) is 0.414. The summed E-state index contributed by atoms with van der Waals surface area (Å²) in [6.45, 7) is 0.800. The lowest BCUT2D eigenvalue weighted by Gasteiger charge is -2.28. The van der Waals surface area contributed by atoms with Crippen molar-refractivity contribution >= 4 is 16.7 Å². The average molecular weight is 301 g/mol. The fourth-order valence-electron chi connectivity index (χ4n) is 2.86. The Kier molecular flexibility index (Phi) is 4.31. The molecule has 0 amide bonds. The number of aliphatic hydroxyl groups is 1. The van der Waals surface area contributed by atoms with Crippen molar-refractivity contribution < 1.29 is 9.90 Å². The Balaban J connectivity index is 1.74. The highest BCUT2D eigenvalue weighted by molar-refractivity contribution is 5.80. The highest BCUT2D eigenvalue weighted by atomic mass is 16.3. The van der Waals surface area contributed by atoms with E-state index in [1.165, 1.54) is 10.9 Å². The molecular weight excluding hydrogens is 282 g/mol. The van der Waals surface area contributed by atoms with E-state index in [1.54, 1.807) is 18.2 Å². The number of hydrogen-bond donors (Lipinski definition) is 2. The van der Waals surface area contributed by atoms with Gasteiger partial charge in [-0.2, -0.15) is 0 Å². The monoisotopic (exact) mass is 301 g/mol. The lowest BCUT2D eigenvalue weighted by atomic mass is 9.97. The number of carbonyl (C=O) groups excluding carboxylic acids is 1. The third-order valence-electron chi connectivity index (χ3n) is 4.07. The second-order valence-corrected chi connectivity index (χ2v) is 5.71. The van der Waals surface area contributed by atoms with Crippen LogP contribution in [-0.4, -0.2) is 39.1 Å². The van der Waals surface area contributed by atoms with Crippen LogP contribution in [0.1, 0.15) is 19.3 Å². The number of benzene rings is 1. The van der Waals surface area contributed by atoms with Crippen LogP contribution in [-0.2, 0) is 11.3 Å². The molecule has 1 fully saturated rings. The predicted molar refractivity (Wildman–Crippen MR) is 82.7 cm³/mol. The quantitative estimate of drug-likeness (QED) is 0.857. The molecule has 2 N–H and O–H groups in total. The molecule has 1 aromatic heterocycles. The second-order valence-electron chi connectivity index (χ2n) is 5.71. The summed E-state index contributed by atoms with van der Waals surface area (Å²) in [5, 5.41) is 13.5. The molecule has 0 spiro atoms. The molecular formula is C16H19N3O3. The molecule has 2 aromatic rings. The van der Waals surface area contributed by atoms with Crippen molar-refractivity contribution in [3.63, 3.8) is 0 Å². The van der Waals surface area contributed by atoms with Gasteiger partial charge in [0.2, 0.25) is 0 Å². The molecule has 0 saturated carbocycles. The van der Waals surface area contributed by atoms with Crippen molar-refractivity contribution in [3.8, 4) is 0 Å². The smallest absolute Gasteiger partial charge is 0.261 e. The fraction of sp³-hybridized carbons (Fsp3) is 0.438. The fourth-order valence-corrected chi connectivity index (χ4v) is 2.86. The van der Waals surface area contributed by atoms with E-state index in [9.17, 15) is 14.7 Å². The number of rotatable bonds is 4. The van der Waals surface area contributed by atoms with Crippen LogP contribution in [0, 0.1) is 0 Å². The highest BCUT2D eigenvalue weighted by Crippen LogP contribution is 2.12. The van der Waals surface area contributed by atoms with E-state index in [1.807, 2.05) is 6.07 Å². The number of piperidine rings is 1. The van der Waals surface area contributed by atoms with Gasteiger partial charge in [0.05, 0.1) is 29.9 Å². The summed E-state index contributed by atoms with van der Waals surface area (Å²) < 4.78 is 1.33. The van der Waals surface area contributed by atoms with E-state index in [-0.39, 0.29) is 30.3 Å². The number of aliphatic hydroxyl groups excluding tert-OH is 1. The molecule has 2 atom stereocenters. The van der Waals surface area contributed by atoms with E-state index in [0.717, 1.165) is 13.0 Å². The summed E-state index contributed by atoms with van der Waals surface area (Å²) in [4.78, 5) is 28.7. The maximum Gasteiger partial charge on any atom is 0.261 e. The maximum absolute atomic E-state index is 12.3. The molecule has 0 aliphatic carbocycles. The number of ketones is 1. The maximum atomic E-state index is 12.3. The molecule has 116 valence electrons. The SMILES string of the molecule is O=C(CC1NCCC[C@H]1O)Cn1cnc2ccccc2c1=O. The average Bonchev–Trinajstić information content (AvgIpc) is 2.53. The van der Waals surface area contributed by atoms with Crippen molar-refractivity contribution in [3.05, 3.63) is 40.9 Å². The van der Waals surface area contributed by atoms with Crippen molar-refractivity contribution in [2.75, 3.05) is 6.54 Å². The number of Topliss-reactive ketones (excluding diaryl/α,β-unsaturated/α-hetero) is 1. The van der Waals surface area contributed by atoms with Gasteiger partial charge in [0.25, 0.3) is 5.56 Å². The van der Waals surface area contributed by atoms with Gasteiger partial charge in [-0.05, 0) is 31.5 Å². The Morgan fingerprint density at radius 1 is 1.41 bits per heavy atom. The molecule has 3 rings (SSSR count). The first kappa shape index (κ1) is 14.9. The van der Waals surface area contributed by atoms with E-state index in [0.29, 0.717) is 17.3 Å². The zero-order valence-electron chi connectivity index (χ0n) is 12.2. The number of fused-ring (bicyclic) bond motifs is 1. The van der Waals surface area contributed by atoms with Gasteiger partial charge in [-0.25, -0.2) is 4.98 Å². The summed E-state index contributed by atoms with van der Waals surface area (Å²) in [7, 11) is 0. The third kappa shape index (κ3) is 3.08. The van der Waals surface area contributed by atoms with Crippen molar-refractivity contribution in [1.82, 2.24) is 14.9 Å². The van der Waals surface area contributed by atoms with Crippen molar-refractivity contribution in [1.29, 1.82) is 0 Å². The molecule has 1 aliphatic heterocycles. The topological polar surface area (TPSA) is 84.2 Å². The standard InChI is InChI=1S/C16H19N3O3/c20-11(8-14-15(21)6-3-7-17-14)9-19-10-18-13-5-2-1-4-12(13)16(19)22/h1-2,4-5,10,14-15,17,21H,3,6-9H2/t14?,15-/m1/s1. The molecule has 22 heavy (non-hydrogen) atoms. The van der Waals surface area contributed by atoms with Gasteiger partial charge in [-0.1, -0.05) is 12.1 Å². The van der Waals surface area contributed by atoms with Crippen LogP contribution in [0.3, 0.4) is 0 Å². The predicted octanol–water partition coefficient (Wildman–Crippen LogP) is 0.469. The first-order valence-corrected chi connectivity index (χ1v) is 7.52. The number of nitrogens with one attached hydrogen (secondary N) is 1. The normalized spacial score (nSPS) is 21.9. The van der Waals surface area contributed by atoms with Crippen LogP contribution >= 0.6 is 0 Å². The molecule has 0 radical (unpaired) electrons. The second kappa shape index (κ2) is 6.37. The Labute approximate surface area is 127 Å². The van der Waals surface area contributed by atoms with Gasteiger partial charge >= 0.3 is 0 Å². The molecule has 1 saturated heterocycles. The van der Waals surface area contributed by atoms with Gasteiger partial charge in [0, 0.05) is 12.5 Å². The number of carbonyl (C=O) groups is 1. The van der Waals surface area contributed by atoms with Gasteiger partial charge in [0.1, 0.15) is 0 Å². The molecule has 1 aromatic carbocycles. The Hall–Kier alpha value is -2.05. The first-order chi connectivity index (χ1) is 10.6. The van der Waals surface area contributed by atoms with Crippen LogP contribution in [0.2, 0.25) is 0 Å². The minimum atomic E-state index is -0.496. The number of hydrogen-bond acceptors (Lipinski definition) is 5. The molecule has 6 heteroatoms. The lowest BCUT2D eigenvalue weighted by Crippen LogP contribution is -2.46. The summed E-state index contributed by atoms with van der Waals surface area (Å²) >= 11 is 0. The van der Waals surface area contributed by atoms with Gasteiger partial charge in [-0.15, -0.1) is 0 Å². The van der Waals surface area contributed by atoms with E-state index in [4.69, 9.17) is 0 Å². The van der Waals surface area contributed by atoms with E-state index >= 15 is 0 Å². The van der Waals surface area contributed by atoms with E-state index < -0.39 is 6.10 Å². The van der Waals surface area contributed by atoms with Crippen LogP contribution in [0.4, 0.5) is 0 Å². The van der Waals surface area contributed by atoms with Gasteiger partial charge in [-0.3, -0.25) is 14.2 Å². The number of para-hydroxylation sites is 1.